The molecule has 0 aliphatic heterocycles. The Bertz CT molecular complexity index is 722. The van der Waals surface area contributed by atoms with Crippen LogP contribution in [-0.2, 0) is 4.79 Å². The lowest BCUT2D eigenvalue weighted by atomic mass is 9.97. The first-order valence-corrected chi connectivity index (χ1v) is 7.05. The summed E-state index contributed by atoms with van der Waals surface area (Å²) in [5.74, 6) is -1.39. The average molecular weight is 301 g/mol. The van der Waals surface area contributed by atoms with Crippen molar-refractivity contribution in [3.8, 4) is 5.75 Å². The third-order valence-electron chi connectivity index (χ3n) is 3.56. The van der Waals surface area contributed by atoms with Crippen LogP contribution in [0.4, 0.5) is 0 Å². The molecule has 3 N–H and O–H groups in total. The molecule has 116 valence electrons. The predicted octanol–water partition coefficient (Wildman–Crippen LogP) is 2.92. The molecule has 0 atom stereocenters. The van der Waals surface area contributed by atoms with E-state index in [0.717, 1.165) is 5.39 Å². The van der Waals surface area contributed by atoms with Crippen LogP contribution in [0.2, 0.25) is 0 Å². The number of carbonyl (C=O) groups is 2. The number of aliphatic carboxylic acids is 1. The number of phenols is 1. The Balaban J connectivity index is 2.23. The highest BCUT2D eigenvalue weighted by molar-refractivity contribution is 6.03. The zero-order chi connectivity index (χ0) is 16.3. The van der Waals surface area contributed by atoms with Gasteiger partial charge >= 0.3 is 5.97 Å². The molecule has 0 unspecified atom stereocenters. The maximum Gasteiger partial charge on any atom is 0.303 e. The van der Waals surface area contributed by atoms with Crippen LogP contribution in [0.15, 0.2) is 36.4 Å². The summed E-state index contributed by atoms with van der Waals surface area (Å²) in [6, 6.07) is 10.6. The van der Waals surface area contributed by atoms with E-state index in [4.69, 9.17) is 5.11 Å². The van der Waals surface area contributed by atoms with Gasteiger partial charge in [-0.25, -0.2) is 0 Å². The molecule has 0 heterocycles. The molecular formula is C17H19NO4. The Labute approximate surface area is 128 Å². The normalized spacial score (nSPS) is 11.4. The summed E-state index contributed by atoms with van der Waals surface area (Å²) in [5.41, 5.74) is -0.491. The van der Waals surface area contributed by atoms with E-state index < -0.39 is 17.4 Å². The minimum atomic E-state index is -0.907. The molecule has 2 rings (SSSR count). The third kappa shape index (κ3) is 3.55. The molecule has 0 spiro atoms. The molecule has 0 aliphatic rings. The highest BCUT2D eigenvalue weighted by Gasteiger charge is 2.24. The van der Waals surface area contributed by atoms with Crippen molar-refractivity contribution in [3.63, 3.8) is 0 Å². The number of hydrogen-bond donors (Lipinski definition) is 3. The van der Waals surface area contributed by atoms with Crippen molar-refractivity contribution in [1.82, 2.24) is 5.32 Å². The van der Waals surface area contributed by atoms with Crippen molar-refractivity contribution in [2.75, 3.05) is 0 Å². The molecule has 2 aromatic carbocycles. The van der Waals surface area contributed by atoms with Crippen LogP contribution in [0.1, 0.15) is 37.0 Å². The Morgan fingerprint density at radius 1 is 1.14 bits per heavy atom. The SMILES string of the molecule is CC(C)(CCC(=O)O)NC(=O)c1ccc2ccccc2c1O. The number of benzene rings is 2. The van der Waals surface area contributed by atoms with Crippen molar-refractivity contribution in [2.24, 2.45) is 0 Å². The number of aromatic hydroxyl groups is 1. The van der Waals surface area contributed by atoms with Gasteiger partial charge in [-0.3, -0.25) is 9.59 Å². The zero-order valence-corrected chi connectivity index (χ0v) is 12.6. The summed E-state index contributed by atoms with van der Waals surface area (Å²) in [4.78, 5) is 23.0. The minimum absolute atomic E-state index is 0.0308. The van der Waals surface area contributed by atoms with E-state index in [0.29, 0.717) is 11.8 Å². The van der Waals surface area contributed by atoms with Crippen LogP contribution >= 0.6 is 0 Å². The number of carbonyl (C=O) groups excluding carboxylic acids is 1. The second-order valence-corrected chi connectivity index (χ2v) is 5.91. The summed E-state index contributed by atoms with van der Waals surface area (Å²) in [6.45, 7) is 3.51. The van der Waals surface area contributed by atoms with Gasteiger partial charge in [-0.1, -0.05) is 30.3 Å². The fraction of sp³-hybridized carbons (Fsp3) is 0.294. The van der Waals surface area contributed by atoms with Crippen LogP contribution < -0.4 is 5.32 Å². The standard InChI is InChI=1S/C17H19NO4/c1-17(2,10-9-14(19)20)18-16(22)13-8-7-11-5-3-4-6-12(11)15(13)21/h3-8,21H,9-10H2,1-2H3,(H,18,22)(H,19,20). The van der Waals surface area contributed by atoms with Gasteiger partial charge < -0.3 is 15.5 Å². The molecule has 0 fully saturated rings. The van der Waals surface area contributed by atoms with Crippen molar-refractivity contribution < 1.29 is 19.8 Å². The van der Waals surface area contributed by atoms with Crippen molar-refractivity contribution in [3.05, 3.63) is 42.0 Å². The van der Waals surface area contributed by atoms with Gasteiger partial charge in [-0.2, -0.15) is 0 Å². The Hall–Kier alpha value is -2.56. The molecule has 0 saturated heterocycles. The van der Waals surface area contributed by atoms with Gasteiger partial charge in [0.1, 0.15) is 5.75 Å². The monoisotopic (exact) mass is 301 g/mol. The molecule has 5 nitrogen and oxygen atoms in total. The van der Waals surface area contributed by atoms with E-state index in [2.05, 4.69) is 5.32 Å². The largest absolute Gasteiger partial charge is 0.506 e. The number of nitrogens with one attached hydrogen (secondary N) is 1. The fourth-order valence-corrected chi connectivity index (χ4v) is 2.29. The first-order chi connectivity index (χ1) is 10.3. The van der Waals surface area contributed by atoms with Gasteiger partial charge in [-0.05, 0) is 31.7 Å². The second-order valence-electron chi connectivity index (χ2n) is 5.91. The second kappa shape index (κ2) is 6.05. The van der Waals surface area contributed by atoms with Crippen LogP contribution in [-0.4, -0.2) is 27.6 Å². The van der Waals surface area contributed by atoms with Crippen LogP contribution in [0.25, 0.3) is 10.8 Å². The van der Waals surface area contributed by atoms with Gasteiger partial charge in [0.05, 0.1) is 5.56 Å². The van der Waals surface area contributed by atoms with E-state index in [9.17, 15) is 14.7 Å². The maximum atomic E-state index is 12.4. The number of fused-ring (bicyclic) bond motifs is 1. The summed E-state index contributed by atoms with van der Waals surface area (Å²) >= 11 is 0. The highest BCUT2D eigenvalue weighted by Crippen LogP contribution is 2.29. The van der Waals surface area contributed by atoms with E-state index in [1.165, 1.54) is 0 Å². The zero-order valence-electron chi connectivity index (χ0n) is 12.6. The van der Waals surface area contributed by atoms with Crippen LogP contribution in [0.5, 0.6) is 5.75 Å². The lowest BCUT2D eigenvalue weighted by Gasteiger charge is -2.26. The number of carboxylic acid groups (broad SMARTS) is 1. The molecule has 5 heteroatoms. The molecule has 0 aromatic heterocycles. The first-order valence-electron chi connectivity index (χ1n) is 7.05. The molecule has 0 radical (unpaired) electrons. The lowest BCUT2D eigenvalue weighted by Crippen LogP contribution is -2.43. The van der Waals surface area contributed by atoms with E-state index in [1.807, 2.05) is 12.1 Å². The summed E-state index contributed by atoms with van der Waals surface area (Å²) in [6.07, 6.45) is 0.277. The summed E-state index contributed by atoms with van der Waals surface area (Å²) < 4.78 is 0. The number of hydrogen-bond acceptors (Lipinski definition) is 3. The number of phenolic OH excluding ortho intramolecular Hbond substituents is 1. The smallest absolute Gasteiger partial charge is 0.303 e. The average Bonchev–Trinajstić information content (AvgIpc) is 2.45. The van der Waals surface area contributed by atoms with Gasteiger partial charge in [0.2, 0.25) is 0 Å². The van der Waals surface area contributed by atoms with E-state index in [-0.39, 0.29) is 17.7 Å². The molecule has 0 aliphatic carbocycles. The van der Waals surface area contributed by atoms with Gasteiger partial charge in [-0.15, -0.1) is 0 Å². The maximum absolute atomic E-state index is 12.4. The lowest BCUT2D eigenvalue weighted by molar-refractivity contribution is -0.137. The number of rotatable bonds is 5. The van der Waals surface area contributed by atoms with Gasteiger partial charge in [0, 0.05) is 17.3 Å². The molecular weight excluding hydrogens is 282 g/mol. The van der Waals surface area contributed by atoms with Crippen molar-refractivity contribution >= 4 is 22.6 Å². The quantitative estimate of drug-likeness (QED) is 0.792. The number of amides is 1. The Kier molecular flexibility index (Phi) is 4.35. The van der Waals surface area contributed by atoms with Crippen LogP contribution in [0, 0.1) is 0 Å². The van der Waals surface area contributed by atoms with Crippen molar-refractivity contribution in [2.45, 2.75) is 32.2 Å². The van der Waals surface area contributed by atoms with E-state index >= 15 is 0 Å². The summed E-state index contributed by atoms with van der Waals surface area (Å²) in [5, 5.41) is 23.2. The Morgan fingerprint density at radius 3 is 2.50 bits per heavy atom. The number of carboxylic acids is 1. The first kappa shape index (κ1) is 15.8. The summed E-state index contributed by atoms with van der Waals surface area (Å²) in [7, 11) is 0. The molecule has 0 saturated carbocycles. The molecule has 22 heavy (non-hydrogen) atoms. The van der Waals surface area contributed by atoms with E-state index in [1.54, 1.807) is 38.1 Å². The fourth-order valence-electron chi connectivity index (χ4n) is 2.29. The third-order valence-corrected chi connectivity index (χ3v) is 3.56. The van der Waals surface area contributed by atoms with Crippen molar-refractivity contribution in [1.29, 1.82) is 0 Å². The Morgan fingerprint density at radius 2 is 1.82 bits per heavy atom. The minimum Gasteiger partial charge on any atom is -0.506 e. The van der Waals surface area contributed by atoms with Gasteiger partial charge in [0.25, 0.3) is 5.91 Å². The predicted molar refractivity (Wildman–Crippen MR) is 84.0 cm³/mol. The molecule has 0 bridgehead atoms. The topological polar surface area (TPSA) is 86.6 Å². The molecule has 1 amide bonds. The highest BCUT2D eigenvalue weighted by atomic mass is 16.4. The molecule has 2 aromatic rings. The van der Waals surface area contributed by atoms with Gasteiger partial charge in [0.15, 0.2) is 0 Å². The van der Waals surface area contributed by atoms with Crippen LogP contribution in [0.3, 0.4) is 0 Å².